The van der Waals surface area contributed by atoms with Gasteiger partial charge >= 0.3 is 0 Å². The maximum absolute atomic E-state index is 5.66. The molecule has 0 amide bonds. The Balaban J connectivity index is 1.42. The molecule has 1 aliphatic heterocycles. The Hall–Kier alpha value is -1.98. The average molecular weight is 312 g/mol. The predicted molar refractivity (Wildman–Crippen MR) is 90.8 cm³/mol. The predicted octanol–water partition coefficient (Wildman–Crippen LogP) is 2.45. The van der Waals surface area contributed by atoms with Gasteiger partial charge in [0.1, 0.15) is 5.75 Å². The van der Waals surface area contributed by atoms with Gasteiger partial charge in [-0.3, -0.25) is 4.98 Å². The molecule has 1 aromatic heterocycles. The third-order valence-electron chi connectivity index (χ3n) is 4.22. The Morgan fingerprint density at radius 2 is 1.83 bits per heavy atom. The van der Waals surface area contributed by atoms with Crippen LogP contribution < -0.4 is 4.74 Å². The summed E-state index contributed by atoms with van der Waals surface area (Å²) in [5, 5.41) is 0. The van der Waals surface area contributed by atoms with Crippen LogP contribution in [0.5, 0.6) is 11.6 Å². The van der Waals surface area contributed by atoms with Crippen molar-refractivity contribution >= 4 is 0 Å². The van der Waals surface area contributed by atoms with E-state index in [4.69, 9.17) is 4.74 Å². The van der Waals surface area contributed by atoms with Crippen molar-refractivity contribution in [1.29, 1.82) is 0 Å². The molecule has 0 radical (unpaired) electrons. The Labute approximate surface area is 137 Å². The van der Waals surface area contributed by atoms with Crippen molar-refractivity contribution in [3.05, 3.63) is 48.4 Å². The molecule has 0 N–H and O–H groups in total. The lowest BCUT2D eigenvalue weighted by Gasteiger charge is -2.32. The molecule has 1 aliphatic rings. The molecule has 0 unspecified atom stereocenters. The minimum Gasteiger partial charge on any atom is -0.438 e. The second-order valence-electron chi connectivity index (χ2n) is 6.04. The Bertz CT molecular complexity index is 580. The summed E-state index contributed by atoms with van der Waals surface area (Å²) in [6.45, 7) is 5.96. The Morgan fingerprint density at radius 3 is 2.52 bits per heavy atom. The van der Waals surface area contributed by atoms with E-state index in [9.17, 15) is 0 Å². The van der Waals surface area contributed by atoms with Gasteiger partial charge in [-0.05, 0) is 44.1 Å². The first-order valence-electron chi connectivity index (χ1n) is 8.23. The summed E-state index contributed by atoms with van der Waals surface area (Å²) in [5.74, 6) is 1.32. The summed E-state index contributed by atoms with van der Waals surface area (Å²) in [7, 11) is 2.20. The first-order valence-corrected chi connectivity index (χ1v) is 8.23. The van der Waals surface area contributed by atoms with Crippen LogP contribution in [0.15, 0.2) is 42.9 Å². The summed E-state index contributed by atoms with van der Waals surface area (Å²) >= 11 is 0. The van der Waals surface area contributed by atoms with E-state index in [0.717, 1.165) is 12.2 Å². The number of hydrogen-bond donors (Lipinski definition) is 0. The van der Waals surface area contributed by atoms with Gasteiger partial charge in [0.15, 0.2) is 0 Å². The van der Waals surface area contributed by atoms with Gasteiger partial charge in [-0.1, -0.05) is 12.1 Å². The second kappa shape index (κ2) is 8.04. The Kier molecular flexibility index (Phi) is 5.56. The zero-order chi connectivity index (χ0) is 15.9. The number of piperazine rings is 1. The number of nitrogens with zero attached hydrogens (tertiary/aromatic N) is 4. The summed E-state index contributed by atoms with van der Waals surface area (Å²) < 4.78 is 5.66. The van der Waals surface area contributed by atoms with Crippen molar-refractivity contribution in [2.24, 2.45) is 0 Å². The van der Waals surface area contributed by atoms with Gasteiger partial charge in [-0.25, -0.2) is 4.98 Å². The highest BCUT2D eigenvalue weighted by Gasteiger charge is 2.12. The fraction of sp³-hybridized carbons (Fsp3) is 0.444. The highest BCUT2D eigenvalue weighted by Crippen LogP contribution is 2.19. The van der Waals surface area contributed by atoms with E-state index >= 15 is 0 Å². The number of likely N-dealkylation sites (N-methyl/N-ethyl adjacent to an activating group) is 1. The lowest BCUT2D eigenvalue weighted by Crippen LogP contribution is -2.44. The largest absolute Gasteiger partial charge is 0.438 e. The fourth-order valence-corrected chi connectivity index (χ4v) is 2.76. The number of ether oxygens (including phenoxy) is 1. The van der Waals surface area contributed by atoms with E-state index in [0.29, 0.717) is 5.88 Å². The quantitative estimate of drug-likeness (QED) is 0.819. The SMILES string of the molecule is CN1CCN(CCCc2ccc(Oc3cnccn3)cc2)CC1. The highest BCUT2D eigenvalue weighted by atomic mass is 16.5. The zero-order valence-electron chi connectivity index (χ0n) is 13.7. The molecule has 2 aromatic rings. The van der Waals surface area contributed by atoms with Crippen molar-refractivity contribution in [2.75, 3.05) is 39.8 Å². The molecule has 23 heavy (non-hydrogen) atoms. The molecule has 5 nitrogen and oxygen atoms in total. The average Bonchev–Trinajstić information content (AvgIpc) is 2.59. The van der Waals surface area contributed by atoms with Gasteiger partial charge in [-0.15, -0.1) is 0 Å². The monoisotopic (exact) mass is 312 g/mol. The minimum absolute atomic E-state index is 0.523. The fourth-order valence-electron chi connectivity index (χ4n) is 2.76. The molecule has 122 valence electrons. The van der Waals surface area contributed by atoms with Crippen LogP contribution in [0, 0.1) is 0 Å². The van der Waals surface area contributed by atoms with Crippen LogP contribution >= 0.6 is 0 Å². The van der Waals surface area contributed by atoms with E-state index < -0.39 is 0 Å². The third kappa shape index (κ3) is 5.01. The molecule has 0 aliphatic carbocycles. The van der Waals surface area contributed by atoms with Crippen molar-refractivity contribution in [3.63, 3.8) is 0 Å². The molecule has 0 spiro atoms. The van der Waals surface area contributed by atoms with Gasteiger partial charge in [0.2, 0.25) is 5.88 Å². The molecular formula is C18H24N4O. The standard InChI is InChI=1S/C18H24N4O/c1-21-11-13-22(14-12-21)10-2-3-16-4-6-17(7-5-16)23-18-15-19-8-9-20-18/h4-9,15H,2-3,10-14H2,1H3. The summed E-state index contributed by atoms with van der Waals surface area (Å²) in [4.78, 5) is 13.1. The highest BCUT2D eigenvalue weighted by molar-refractivity contribution is 5.29. The van der Waals surface area contributed by atoms with Crippen LogP contribution in [-0.4, -0.2) is 59.5 Å². The summed E-state index contributed by atoms with van der Waals surface area (Å²) in [5.41, 5.74) is 1.35. The van der Waals surface area contributed by atoms with Crippen LogP contribution in [0.1, 0.15) is 12.0 Å². The van der Waals surface area contributed by atoms with Gasteiger partial charge in [0, 0.05) is 38.6 Å². The molecule has 1 saturated heterocycles. The number of benzene rings is 1. The van der Waals surface area contributed by atoms with Crippen molar-refractivity contribution in [3.8, 4) is 11.6 Å². The first kappa shape index (κ1) is 15.9. The number of hydrogen-bond acceptors (Lipinski definition) is 5. The minimum atomic E-state index is 0.523. The van der Waals surface area contributed by atoms with Crippen LogP contribution in [0.4, 0.5) is 0 Å². The lowest BCUT2D eigenvalue weighted by atomic mass is 10.1. The van der Waals surface area contributed by atoms with E-state index in [-0.39, 0.29) is 0 Å². The summed E-state index contributed by atoms with van der Waals surface area (Å²) in [6.07, 6.45) is 7.19. The summed E-state index contributed by atoms with van der Waals surface area (Å²) in [6, 6.07) is 8.27. The van der Waals surface area contributed by atoms with E-state index in [1.165, 1.54) is 44.7 Å². The zero-order valence-corrected chi connectivity index (χ0v) is 13.7. The van der Waals surface area contributed by atoms with Gasteiger partial charge in [0.05, 0.1) is 6.20 Å². The van der Waals surface area contributed by atoms with Gasteiger partial charge < -0.3 is 14.5 Å². The Morgan fingerprint density at radius 1 is 1.04 bits per heavy atom. The van der Waals surface area contributed by atoms with E-state index in [2.05, 4.69) is 38.9 Å². The first-order chi connectivity index (χ1) is 11.3. The molecule has 2 heterocycles. The van der Waals surface area contributed by atoms with Crippen LogP contribution in [0.2, 0.25) is 0 Å². The normalized spacial score (nSPS) is 16.4. The third-order valence-corrected chi connectivity index (χ3v) is 4.22. The van der Waals surface area contributed by atoms with Crippen molar-refractivity contribution in [2.45, 2.75) is 12.8 Å². The molecule has 0 saturated carbocycles. The van der Waals surface area contributed by atoms with Gasteiger partial charge in [0.25, 0.3) is 0 Å². The molecule has 1 aromatic carbocycles. The van der Waals surface area contributed by atoms with Crippen LogP contribution in [0.25, 0.3) is 0 Å². The second-order valence-corrected chi connectivity index (χ2v) is 6.04. The lowest BCUT2D eigenvalue weighted by molar-refractivity contribution is 0.153. The number of aromatic nitrogens is 2. The smallest absolute Gasteiger partial charge is 0.237 e. The van der Waals surface area contributed by atoms with Crippen LogP contribution in [-0.2, 0) is 6.42 Å². The molecule has 5 heteroatoms. The molecule has 3 rings (SSSR count). The maximum atomic E-state index is 5.66. The van der Waals surface area contributed by atoms with E-state index in [1.54, 1.807) is 18.6 Å². The van der Waals surface area contributed by atoms with Crippen LogP contribution in [0.3, 0.4) is 0 Å². The van der Waals surface area contributed by atoms with Gasteiger partial charge in [-0.2, -0.15) is 0 Å². The van der Waals surface area contributed by atoms with Crippen molar-refractivity contribution in [1.82, 2.24) is 19.8 Å². The molecule has 0 atom stereocenters. The topological polar surface area (TPSA) is 41.5 Å². The number of aryl methyl sites for hydroxylation is 1. The molecule has 1 fully saturated rings. The van der Waals surface area contributed by atoms with E-state index in [1.807, 2.05) is 12.1 Å². The molecule has 0 bridgehead atoms. The van der Waals surface area contributed by atoms with Crippen molar-refractivity contribution < 1.29 is 4.74 Å². The molecular weight excluding hydrogens is 288 g/mol. The number of rotatable bonds is 6. The maximum Gasteiger partial charge on any atom is 0.237 e.